The SMILES string of the molecule is CN1C[C@@H]2C(C(N)=O)[C@@H]2C1. The summed E-state index contributed by atoms with van der Waals surface area (Å²) in [6, 6.07) is 0. The van der Waals surface area contributed by atoms with Gasteiger partial charge in [-0.25, -0.2) is 0 Å². The number of carbonyl (C=O) groups is 1. The predicted molar refractivity (Wildman–Crippen MR) is 37.2 cm³/mol. The summed E-state index contributed by atoms with van der Waals surface area (Å²) in [5.74, 6) is 1.32. The van der Waals surface area contributed by atoms with Crippen LogP contribution in [0.2, 0.25) is 0 Å². The van der Waals surface area contributed by atoms with Crippen LogP contribution >= 0.6 is 0 Å². The van der Waals surface area contributed by atoms with Gasteiger partial charge < -0.3 is 10.6 Å². The van der Waals surface area contributed by atoms with Crippen LogP contribution in [0.3, 0.4) is 0 Å². The Hall–Kier alpha value is -0.570. The predicted octanol–water partition coefficient (Wildman–Crippen LogP) is -0.721. The standard InChI is InChI=1S/C7H12N2O/c1-9-2-4-5(3-9)6(4)7(8)10/h4-6H,2-3H2,1H3,(H2,8,10)/t4-,5+,6?. The molecule has 2 N–H and O–H groups in total. The molecule has 56 valence electrons. The van der Waals surface area contributed by atoms with E-state index in [0.717, 1.165) is 13.1 Å². The van der Waals surface area contributed by atoms with Gasteiger partial charge in [-0.3, -0.25) is 4.79 Å². The molecule has 1 unspecified atom stereocenters. The highest BCUT2D eigenvalue weighted by atomic mass is 16.1. The van der Waals surface area contributed by atoms with E-state index in [-0.39, 0.29) is 11.8 Å². The van der Waals surface area contributed by atoms with Gasteiger partial charge in [-0.1, -0.05) is 0 Å². The van der Waals surface area contributed by atoms with E-state index in [2.05, 4.69) is 11.9 Å². The second-order valence-corrected chi connectivity index (χ2v) is 3.48. The average molecular weight is 140 g/mol. The van der Waals surface area contributed by atoms with Crippen LogP contribution in [0.25, 0.3) is 0 Å². The Bertz CT molecular complexity index is 168. The molecule has 2 fully saturated rings. The van der Waals surface area contributed by atoms with Crippen LogP contribution in [0.15, 0.2) is 0 Å². The van der Waals surface area contributed by atoms with Crippen molar-refractivity contribution in [2.45, 2.75) is 0 Å². The second-order valence-electron chi connectivity index (χ2n) is 3.48. The lowest BCUT2D eigenvalue weighted by Crippen LogP contribution is -2.25. The number of hydrogen-bond acceptors (Lipinski definition) is 2. The Balaban J connectivity index is 1.98. The van der Waals surface area contributed by atoms with Crippen molar-refractivity contribution in [2.75, 3.05) is 20.1 Å². The van der Waals surface area contributed by atoms with Gasteiger partial charge in [0.15, 0.2) is 0 Å². The van der Waals surface area contributed by atoms with Crippen LogP contribution in [-0.4, -0.2) is 30.9 Å². The quantitative estimate of drug-likeness (QED) is 0.522. The van der Waals surface area contributed by atoms with Crippen LogP contribution in [0, 0.1) is 17.8 Å². The lowest BCUT2D eigenvalue weighted by atomic mass is 10.2. The van der Waals surface area contributed by atoms with Crippen molar-refractivity contribution >= 4 is 5.91 Å². The molecule has 2 aliphatic rings. The maximum absolute atomic E-state index is 10.7. The molecule has 0 aromatic heterocycles. The molecule has 0 aromatic rings. The fourth-order valence-electron chi connectivity index (χ4n) is 2.16. The number of hydrogen-bond donors (Lipinski definition) is 1. The van der Waals surface area contributed by atoms with Crippen molar-refractivity contribution in [1.29, 1.82) is 0 Å². The average Bonchev–Trinajstić information content (AvgIpc) is 2.32. The zero-order valence-corrected chi connectivity index (χ0v) is 6.08. The first kappa shape index (κ1) is 6.16. The first-order valence-electron chi connectivity index (χ1n) is 3.68. The summed E-state index contributed by atoms with van der Waals surface area (Å²) in [5, 5.41) is 0. The molecular formula is C7H12N2O. The Kier molecular flexibility index (Phi) is 1.06. The molecule has 0 bridgehead atoms. The van der Waals surface area contributed by atoms with Gasteiger partial charge in [0.25, 0.3) is 0 Å². The van der Waals surface area contributed by atoms with Gasteiger partial charge >= 0.3 is 0 Å². The molecule has 3 atom stereocenters. The Labute approximate surface area is 60.2 Å². The molecule has 1 aliphatic heterocycles. The minimum absolute atomic E-state index is 0.0944. The van der Waals surface area contributed by atoms with Gasteiger partial charge in [0, 0.05) is 19.0 Å². The van der Waals surface area contributed by atoms with Gasteiger partial charge in [0.1, 0.15) is 0 Å². The Morgan fingerprint density at radius 2 is 2.00 bits per heavy atom. The topological polar surface area (TPSA) is 46.3 Å². The van der Waals surface area contributed by atoms with Gasteiger partial charge in [0.05, 0.1) is 0 Å². The molecule has 1 saturated heterocycles. The lowest BCUT2D eigenvalue weighted by Gasteiger charge is -2.10. The molecule has 0 aromatic carbocycles. The van der Waals surface area contributed by atoms with Crippen molar-refractivity contribution < 1.29 is 4.79 Å². The van der Waals surface area contributed by atoms with Gasteiger partial charge in [-0.05, 0) is 18.9 Å². The monoisotopic (exact) mass is 140 g/mol. The highest BCUT2D eigenvalue weighted by Gasteiger charge is 2.57. The molecule has 10 heavy (non-hydrogen) atoms. The molecule has 2 rings (SSSR count). The third-order valence-corrected chi connectivity index (χ3v) is 2.71. The van der Waals surface area contributed by atoms with Crippen molar-refractivity contribution in [3.05, 3.63) is 0 Å². The van der Waals surface area contributed by atoms with E-state index < -0.39 is 0 Å². The normalized spacial score (nSPS) is 45.1. The van der Waals surface area contributed by atoms with E-state index in [1.165, 1.54) is 0 Å². The fourth-order valence-corrected chi connectivity index (χ4v) is 2.16. The fraction of sp³-hybridized carbons (Fsp3) is 0.857. The zero-order chi connectivity index (χ0) is 7.30. The molecule has 1 saturated carbocycles. The number of piperidine rings is 1. The smallest absolute Gasteiger partial charge is 0.221 e. The molecule has 3 nitrogen and oxygen atoms in total. The highest BCUT2D eigenvalue weighted by Crippen LogP contribution is 2.50. The summed E-state index contributed by atoms with van der Waals surface area (Å²) in [6.45, 7) is 2.14. The largest absolute Gasteiger partial charge is 0.369 e. The minimum Gasteiger partial charge on any atom is -0.369 e. The van der Waals surface area contributed by atoms with E-state index in [9.17, 15) is 4.79 Å². The molecule has 0 radical (unpaired) electrons. The van der Waals surface area contributed by atoms with E-state index in [1.807, 2.05) is 0 Å². The van der Waals surface area contributed by atoms with Gasteiger partial charge in [0.2, 0.25) is 5.91 Å². The van der Waals surface area contributed by atoms with Gasteiger partial charge in [-0.2, -0.15) is 0 Å². The number of rotatable bonds is 1. The van der Waals surface area contributed by atoms with Crippen LogP contribution in [0.5, 0.6) is 0 Å². The summed E-state index contributed by atoms with van der Waals surface area (Å²) >= 11 is 0. The van der Waals surface area contributed by atoms with Crippen LogP contribution in [-0.2, 0) is 4.79 Å². The number of amides is 1. The number of carbonyl (C=O) groups excluding carboxylic acids is 1. The first-order valence-corrected chi connectivity index (χ1v) is 3.68. The minimum atomic E-state index is -0.0944. The molecular weight excluding hydrogens is 128 g/mol. The number of nitrogens with zero attached hydrogens (tertiary/aromatic N) is 1. The van der Waals surface area contributed by atoms with Gasteiger partial charge in [-0.15, -0.1) is 0 Å². The number of likely N-dealkylation sites (tertiary alicyclic amines) is 1. The second kappa shape index (κ2) is 1.72. The third kappa shape index (κ3) is 0.669. The van der Waals surface area contributed by atoms with Crippen molar-refractivity contribution in [1.82, 2.24) is 4.90 Å². The highest BCUT2D eigenvalue weighted by molar-refractivity contribution is 5.80. The Morgan fingerprint density at radius 3 is 2.40 bits per heavy atom. The van der Waals surface area contributed by atoms with Crippen molar-refractivity contribution in [2.24, 2.45) is 23.5 Å². The van der Waals surface area contributed by atoms with Crippen molar-refractivity contribution in [3.63, 3.8) is 0 Å². The molecule has 1 amide bonds. The van der Waals surface area contributed by atoms with E-state index in [4.69, 9.17) is 5.73 Å². The summed E-state index contributed by atoms with van der Waals surface area (Å²) in [4.78, 5) is 12.9. The van der Waals surface area contributed by atoms with Crippen LogP contribution in [0.1, 0.15) is 0 Å². The molecule has 1 heterocycles. The van der Waals surface area contributed by atoms with E-state index in [0.29, 0.717) is 11.8 Å². The zero-order valence-electron chi connectivity index (χ0n) is 6.08. The summed E-state index contributed by atoms with van der Waals surface area (Å²) in [5.41, 5.74) is 5.18. The number of primary amides is 1. The van der Waals surface area contributed by atoms with E-state index >= 15 is 0 Å². The van der Waals surface area contributed by atoms with E-state index in [1.54, 1.807) is 0 Å². The molecule has 3 heteroatoms. The van der Waals surface area contributed by atoms with Crippen LogP contribution in [0.4, 0.5) is 0 Å². The number of nitrogens with two attached hydrogens (primary N) is 1. The third-order valence-electron chi connectivity index (χ3n) is 2.71. The molecule has 1 aliphatic carbocycles. The first-order chi connectivity index (χ1) is 4.70. The summed E-state index contributed by atoms with van der Waals surface area (Å²) < 4.78 is 0. The molecule has 0 spiro atoms. The Morgan fingerprint density at radius 1 is 1.50 bits per heavy atom. The maximum atomic E-state index is 10.7. The summed E-state index contributed by atoms with van der Waals surface area (Å²) in [6.07, 6.45) is 0. The number of fused-ring (bicyclic) bond motifs is 1. The maximum Gasteiger partial charge on any atom is 0.221 e. The summed E-state index contributed by atoms with van der Waals surface area (Å²) in [7, 11) is 2.09. The van der Waals surface area contributed by atoms with Crippen molar-refractivity contribution in [3.8, 4) is 0 Å². The van der Waals surface area contributed by atoms with Crippen LogP contribution < -0.4 is 5.73 Å². The lowest BCUT2D eigenvalue weighted by molar-refractivity contribution is -0.120.